The van der Waals surface area contributed by atoms with E-state index in [0.717, 1.165) is 26.6 Å². The quantitative estimate of drug-likeness (QED) is 0.529. The van der Waals surface area contributed by atoms with Crippen molar-refractivity contribution in [2.75, 3.05) is 11.9 Å². The van der Waals surface area contributed by atoms with Crippen LogP contribution in [-0.2, 0) is 0 Å². The Hall–Kier alpha value is -2.73. The van der Waals surface area contributed by atoms with Crippen LogP contribution in [0.5, 0.6) is 0 Å². The molecule has 24 heavy (non-hydrogen) atoms. The summed E-state index contributed by atoms with van der Waals surface area (Å²) in [4.78, 5) is 18.8. The van der Waals surface area contributed by atoms with Crippen LogP contribution in [-0.4, -0.2) is 27.6 Å². The van der Waals surface area contributed by atoms with Crippen molar-refractivity contribution in [3.05, 3.63) is 71.1 Å². The lowest BCUT2D eigenvalue weighted by atomic mass is 10.2. The molecular weight excluding hydrogens is 368 g/mol. The molecule has 3 aromatic heterocycles. The Balaban J connectivity index is 1.70. The molecule has 1 aromatic carbocycles. The molecule has 0 atom stereocenters. The minimum atomic E-state index is -0.111. The van der Waals surface area contributed by atoms with Crippen LogP contribution in [0.25, 0.3) is 16.4 Å². The van der Waals surface area contributed by atoms with Crippen molar-refractivity contribution in [2.45, 2.75) is 0 Å². The van der Waals surface area contributed by atoms with Gasteiger partial charge in [-0.3, -0.25) is 9.78 Å². The van der Waals surface area contributed by atoms with Gasteiger partial charge in [0.1, 0.15) is 0 Å². The number of anilines is 1. The molecule has 0 aliphatic heterocycles. The first-order valence-corrected chi connectivity index (χ1v) is 8.18. The summed E-state index contributed by atoms with van der Waals surface area (Å²) in [6, 6.07) is 13.5. The Labute approximate surface area is 146 Å². The minimum absolute atomic E-state index is 0.111. The summed E-state index contributed by atoms with van der Waals surface area (Å²) >= 11 is 3.43. The molecule has 0 saturated carbocycles. The summed E-state index contributed by atoms with van der Waals surface area (Å²) in [7, 11) is 1.75. The molecule has 0 saturated heterocycles. The highest BCUT2D eigenvalue weighted by Gasteiger charge is 2.15. The Kier molecular flexibility index (Phi) is 3.54. The number of halogens is 1. The van der Waals surface area contributed by atoms with E-state index in [9.17, 15) is 4.79 Å². The average Bonchev–Trinajstić information content (AvgIpc) is 3.00. The number of rotatable bonds is 2. The van der Waals surface area contributed by atoms with Crippen LogP contribution in [0, 0.1) is 0 Å². The zero-order valence-electron chi connectivity index (χ0n) is 12.8. The number of fused-ring (bicyclic) bond motifs is 2. The number of hydrogen-bond acceptors (Lipinski definition) is 3. The SMILES string of the molecule is CN(C(=O)c1ccc2c(Br)cnn2c1)c1cnc2ccccc2c1. The summed E-state index contributed by atoms with van der Waals surface area (Å²) in [6.07, 6.45) is 5.15. The summed E-state index contributed by atoms with van der Waals surface area (Å²) in [5, 5.41) is 5.22. The second-order valence-corrected chi connectivity index (χ2v) is 6.34. The van der Waals surface area contributed by atoms with Gasteiger partial charge in [0.05, 0.1) is 39.2 Å². The van der Waals surface area contributed by atoms with Crippen LogP contribution < -0.4 is 4.90 Å². The lowest BCUT2D eigenvalue weighted by Crippen LogP contribution is -2.26. The summed E-state index contributed by atoms with van der Waals surface area (Å²) in [5.74, 6) is -0.111. The van der Waals surface area contributed by atoms with Gasteiger partial charge in [-0.25, -0.2) is 4.52 Å². The van der Waals surface area contributed by atoms with Crippen molar-refractivity contribution in [1.29, 1.82) is 0 Å². The predicted molar refractivity (Wildman–Crippen MR) is 97.4 cm³/mol. The molecule has 4 rings (SSSR count). The number of nitrogens with zero attached hydrogens (tertiary/aromatic N) is 4. The van der Waals surface area contributed by atoms with E-state index in [-0.39, 0.29) is 5.91 Å². The van der Waals surface area contributed by atoms with Crippen LogP contribution in [0.2, 0.25) is 0 Å². The number of amides is 1. The summed E-state index contributed by atoms with van der Waals surface area (Å²) < 4.78 is 2.58. The third-order valence-electron chi connectivity index (χ3n) is 3.98. The normalized spacial score (nSPS) is 11.1. The van der Waals surface area contributed by atoms with Gasteiger partial charge in [-0.1, -0.05) is 18.2 Å². The van der Waals surface area contributed by atoms with E-state index in [2.05, 4.69) is 26.0 Å². The number of benzene rings is 1. The van der Waals surface area contributed by atoms with Crippen LogP contribution in [0.3, 0.4) is 0 Å². The molecule has 0 aliphatic carbocycles. The second-order valence-electron chi connectivity index (χ2n) is 5.49. The van der Waals surface area contributed by atoms with Gasteiger partial charge in [-0.15, -0.1) is 0 Å². The highest BCUT2D eigenvalue weighted by molar-refractivity contribution is 9.10. The Bertz CT molecular complexity index is 1070. The van der Waals surface area contributed by atoms with E-state index in [1.807, 2.05) is 36.4 Å². The number of hydrogen-bond donors (Lipinski definition) is 0. The Morgan fingerprint density at radius 2 is 2.00 bits per heavy atom. The molecule has 0 fully saturated rings. The molecule has 0 aliphatic rings. The van der Waals surface area contributed by atoms with Gasteiger partial charge in [0.2, 0.25) is 0 Å². The molecule has 6 heteroatoms. The maximum atomic E-state index is 12.8. The average molecular weight is 381 g/mol. The number of para-hydroxylation sites is 1. The lowest BCUT2D eigenvalue weighted by molar-refractivity contribution is 0.0992. The van der Waals surface area contributed by atoms with Gasteiger partial charge in [0.15, 0.2) is 0 Å². The van der Waals surface area contributed by atoms with E-state index in [0.29, 0.717) is 5.56 Å². The fraction of sp³-hybridized carbons (Fsp3) is 0.0556. The molecule has 3 heterocycles. The van der Waals surface area contributed by atoms with Crippen molar-refractivity contribution in [3.8, 4) is 0 Å². The molecule has 0 N–H and O–H groups in total. The van der Waals surface area contributed by atoms with Crippen molar-refractivity contribution >= 4 is 43.9 Å². The first-order valence-electron chi connectivity index (χ1n) is 7.39. The van der Waals surface area contributed by atoms with E-state index in [1.54, 1.807) is 41.1 Å². The van der Waals surface area contributed by atoms with E-state index in [4.69, 9.17) is 0 Å². The Morgan fingerprint density at radius 1 is 1.17 bits per heavy atom. The zero-order valence-corrected chi connectivity index (χ0v) is 14.4. The summed E-state index contributed by atoms with van der Waals surface area (Å²) in [5.41, 5.74) is 3.14. The van der Waals surface area contributed by atoms with Crippen LogP contribution in [0.15, 0.2) is 65.5 Å². The molecule has 1 amide bonds. The highest BCUT2D eigenvalue weighted by atomic mass is 79.9. The Morgan fingerprint density at radius 3 is 2.88 bits per heavy atom. The molecule has 5 nitrogen and oxygen atoms in total. The van der Waals surface area contributed by atoms with Crippen LogP contribution in [0.4, 0.5) is 5.69 Å². The molecule has 118 valence electrons. The molecule has 0 bridgehead atoms. The predicted octanol–water partition coefficient (Wildman–Crippen LogP) is 3.92. The highest BCUT2D eigenvalue weighted by Crippen LogP contribution is 2.22. The molecule has 4 aromatic rings. The van der Waals surface area contributed by atoms with Crippen molar-refractivity contribution < 1.29 is 4.79 Å². The molecule has 0 radical (unpaired) electrons. The first kappa shape index (κ1) is 14.8. The van der Waals surface area contributed by atoms with Gasteiger partial charge in [0.25, 0.3) is 5.91 Å². The standard InChI is InChI=1S/C18H13BrN4O/c1-22(14-8-12-4-2-3-5-16(12)20-9-14)18(24)13-6-7-17-15(19)10-21-23(17)11-13/h2-11H,1H3. The van der Waals surface area contributed by atoms with Gasteiger partial charge in [0, 0.05) is 18.6 Å². The van der Waals surface area contributed by atoms with Gasteiger partial charge in [-0.2, -0.15) is 5.10 Å². The number of carbonyl (C=O) groups is 1. The maximum absolute atomic E-state index is 12.8. The largest absolute Gasteiger partial charge is 0.310 e. The number of aromatic nitrogens is 3. The number of carbonyl (C=O) groups excluding carboxylic acids is 1. The van der Waals surface area contributed by atoms with E-state index >= 15 is 0 Å². The molecular formula is C18H13BrN4O. The number of pyridine rings is 2. The minimum Gasteiger partial charge on any atom is -0.310 e. The maximum Gasteiger partial charge on any atom is 0.259 e. The van der Waals surface area contributed by atoms with Crippen molar-refractivity contribution in [1.82, 2.24) is 14.6 Å². The molecule has 0 spiro atoms. The summed E-state index contributed by atoms with van der Waals surface area (Å²) in [6.45, 7) is 0. The van der Waals surface area contributed by atoms with E-state index < -0.39 is 0 Å². The van der Waals surface area contributed by atoms with Crippen molar-refractivity contribution in [3.63, 3.8) is 0 Å². The fourth-order valence-corrected chi connectivity index (χ4v) is 3.04. The second kappa shape index (κ2) is 5.72. The third kappa shape index (κ3) is 2.45. The third-order valence-corrected chi connectivity index (χ3v) is 4.60. The zero-order chi connectivity index (χ0) is 16.7. The van der Waals surface area contributed by atoms with Gasteiger partial charge in [-0.05, 0) is 40.2 Å². The monoisotopic (exact) mass is 380 g/mol. The smallest absolute Gasteiger partial charge is 0.259 e. The fourth-order valence-electron chi connectivity index (χ4n) is 2.63. The van der Waals surface area contributed by atoms with Crippen LogP contribution >= 0.6 is 15.9 Å². The lowest BCUT2D eigenvalue weighted by Gasteiger charge is -2.17. The van der Waals surface area contributed by atoms with Crippen molar-refractivity contribution in [2.24, 2.45) is 0 Å². The van der Waals surface area contributed by atoms with Crippen LogP contribution in [0.1, 0.15) is 10.4 Å². The molecule has 0 unspecified atom stereocenters. The van der Waals surface area contributed by atoms with Gasteiger partial charge >= 0.3 is 0 Å². The van der Waals surface area contributed by atoms with Gasteiger partial charge < -0.3 is 4.90 Å². The topological polar surface area (TPSA) is 50.5 Å². The first-order chi connectivity index (χ1) is 11.6. The van der Waals surface area contributed by atoms with E-state index in [1.165, 1.54) is 0 Å².